The van der Waals surface area contributed by atoms with Crippen molar-refractivity contribution in [1.29, 1.82) is 0 Å². The van der Waals surface area contributed by atoms with Gasteiger partial charge >= 0.3 is 0 Å². The molecule has 0 bridgehead atoms. The molecular formula is C14H16FNO2. The van der Waals surface area contributed by atoms with E-state index in [0.717, 1.165) is 0 Å². The summed E-state index contributed by atoms with van der Waals surface area (Å²) in [6.07, 6.45) is 0.538. The van der Waals surface area contributed by atoms with Crippen LogP contribution in [-0.2, 0) is 16.0 Å². The van der Waals surface area contributed by atoms with Gasteiger partial charge in [-0.25, -0.2) is 4.39 Å². The molecule has 1 aromatic rings. The Morgan fingerprint density at radius 1 is 1.44 bits per heavy atom. The molecule has 0 aliphatic carbocycles. The van der Waals surface area contributed by atoms with Crippen molar-refractivity contribution >= 4 is 11.7 Å². The maximum atomic E-state index is 13.0. The second-order valence-electron chi connectivity index (χ2n) is 5.08. The van der Waals surface area contributed by atoms with Gasteiger partial charge in [0, 0.05) is 13.0 Å². The molecule has 2 rings (SSSR count). The predicted molar refractivity (Wildman–Crippen MR) is 65.5 cm³/mol. The third kappa shape index (κ3) is 2.28. The highest BCUT2D eigenvalue weighted by Gasteiger charge is 2.42. The number of Topliss-reactive ketones (excluding diaryl/α,β-unsaturated/α-hetero) is 1. The average Bonchev–Trinajstić information content (AvgIpc) is 2.54. The van der Waals surface area contributed by atoms with Gasteiger partial charge < -0.3 is 4.90 Å². The van der Waals surface area contributed by atoms with Crippen molar-refractivity contribution in [2.75, 3.05) is 6.54 Å². The van der Waals surface area contributed by atoms with E-state index in [2.05, 4.69) is 0 Å². The molecule has 1 amide bonds. The molecule has 0 atom stereocenters. The molecular weight excluding hydrogens is 233 g/mol. The lowest BCUT2D eigenvalue weighted by atomic mass is 10.00. The van der Waals surface area contributed by atoms with Gasteiger partial charge in [-0.2, -0.15) is 0 Å². The molecule has 1 heterocycles. The van der Waals surface area contributed by atoms with Gasteiger partial charge in [-0.1, -0.05) is 12.1 Å². The molecule has 4 heteroatoms. The van der Waals surface area contributed by atoms with Crippen molar-refractivity contribution in [1.82, 2.24) is 4.90 Å². The van der Waals surface area contributed by atoms with Gasteiger partial charge in [0.1, 0.15) is 5.82 Å². The Kier molecular flexibility index (Phi) is 3.20. The van der Waals surface area contributed by atoms with E-state index in [1.807, 2.05) is 0 Å². The summed E-state index contributed by atoms with van der Waals surface area (Å²) in [6.45, 7) is 3.97. The minimum Gasteiger partial charge on any atom is -0.330 e. The standard InChI is InChI=1S/C14H16FNO2/c1-14(2)12(17)6-7-16(14)13(18)9-10-4-3-5-11(15)8-10/h3-5,8H,6-7,9H2,1-2H3. The van der Waals surface area contributed by atoms with Gasteiger partial charge in [0.2, 0.25) is 5.91 Å². The van der Waals surface area contributed by atoms with E-state index < -0.39 is 5.54 Å². The fourth-order valence-corrected chi connectivity index (χ4v) is 2.30. The summed E-state index contributed by atoms with van der Waals surface area (Å²) in [6, 6.07) is 5.99. The van der Waals surface area contributed by atoms with E-state index in [1.54, 1.807) is 30.9 Å². The molecule has 0 saturated carbocycles. The molecule has 0 aromatic heterocycles. The third-order valence-corrected chi connectivity index (χ3v) is 3.47. The average molecular weight is 249 g/mol. The summed E-state index contributed by atoms with van der Waals surface area (Å²) in [5.41, 5.74) is -0.0973. The van der Waals surface area contributed by atoms with E-state index in [-0.39, 0.29) is 23.9 Å². The van der Waals surface area contributed by atoms with Crippen LogP contribution in [0, 0.1) is 5.82 Å². The van der Waals surface area contributed by atoms with Gasteiger partial charge in [-0.15, -0.1) is 0 Å². The number of rotatable bonds is 2. The number of likely N-dealkylation sites (tertiary alicyclic amines) is 1. The lowest BCUT2D eigenvalue weighted by Crippen LogP contribution is -2.46. The summed E-state index contributed by atoms with van der Waals surface area (Å²) in [5, 5.41) is 0. The first-order valence-electron chi connectivity index (χ1n) is 5.99. The van der Waals surface area contributed by atoms with Crippen molar-refractivity contribution in [2.24, 2.45) is 0 Å². The first kappa shape index (κ1) is 12.7. The lowest BCUT2D eigenvalue weighted by Gasteiger charge is -2.30. The highest BCUT2D eigenvalue weighted by Crippen LogP contribution is 2.25. The van der Waals surface area contributed by atoms with Gasteiger partial charge in [0.25, 0.3) is 0 Å². The van der Waals surface area contributed by atoms with Gasteiger partial charge in [-0.05, 0) is 31.5 Å². The van der Waals surface area contributed by atoms with Crippen LogP contribution in [0.3, 0.4) is 0 Å². The SMILES string of the molecule is CC1(C)C(=O)CCN1C(=O)Cc1cccc(F)c1. The van der Waals surface area contributed by atoms with Crippen molar-refractivity contribution in [3.05, 3.63) is 35.6 Å². The number of carbonyl (C=O) groups is 2. The van der Waals surface area contributed by atoms with Crippen LogP contribution in [-0.4, -0.2) is 28.7 Å². The molecule has 1 aromatic carbocycles. The topological polar surface area (TPSA) is 37.4 Å². The zero-order valence-electron chi connectivity index (χ0n) is 10.6. The second kappa shape index (κ2) is 4.52. The van der Waals surface area contributed by atoms with Crippen LogP contribution in [0.2, 0.25) is 0 Å². The van der Waals surface area contributed by atoms with Crippen LogP contribution in [0.25, 0.3) is 0 Å². The summed E-state index contributed by atoms with van der Waals surface area (Å²) < 4.78 is 13.0. The van der Waals surface area contributed by atoms with Gasteiger partial charge in [0.05, 0.1) is 12.0 Å². The first-order valence-corrected chi connectivity index (χ1v) is 5.99. The Balaban J connectivity index is 2.12. The number of halogens is 1. The molecule has 3 nitrogen and oxygen atoms in total. The summed E-state index contributed by atoms with van der Waals surface area (Å²) >= 11 is 0. The third-order valence-electron chi connectivity index (χ3n) is 3.47. The normalized spacial score (nSPS) is 18.2. The second-order valence-corrected chi connectivity index (χ2v) is 5.08. The molecule has 1 aliphatic rings. The largest absolute Gasteiger partial charge is 0.330 e. The predicted octanol–water partition coefficient (Wildman–Crippen LogP) is 1.95. The van der Waals surface area contributed by atoms with E-state index >= 15 is 0 Å². The van der Waals surface area contributed by atoms with E-state index in [1.165, 1.54) is 12.1 Å². The van der Waals surface area contributed by atoms with Crippen LogP contribution in [0.5, 0.6) is 0 Å². The molecule has 0 unspecified atom stereocenters. The number of amides is 1. The minimum absolute atomic E-state index is 0.0788. The van der Waals surface area contributed by atoms with Crippen molar-refractivity contribution in [2.45, 2.75) is 32.2 Å². The highest BCUT2D eigenvalue weighted by molar-refractivity contribution is 5.95. The van der Waals surface area contributed by atoms with Crippen LogP contribution in [0.1, 0.15) is 25.8 Å². The van der Waals surface area contributed by atoms with Crippen LogP contribution in [0.15, 0.2) is 24.3 Å². The number of hydrogen-bond donors (Lipinski definition) is 0. The summed E-state index contributed by atoms with van der Waals surface area (Å²) in [4.78, 5) is 25.4. The van der Waals surface area contributed by atoms with Gasteiger partial charge in [-0.3, -0.25) is 9.59 Å². The first-order chi connectivity index (χ1) is 8.41. The maximum absolute atomic E-state index is 13.0. The number of hydrogen-bond acceptors (Lipinski definition) is 2. The zero-order valence-corrected chi connectivity index (χ0v) is 10.6. The maximum Gasteiger partial charge on any atom is 0.227 e. The van der Waals surface area contributed by atoms with Crippen molar-refractivity contribution in [3.63, 3.8) is 0 Å². The van der Waals surface area contributed by atoms with Gasteiger partial charge in [0.15, 0.2) is 5.78 Å². The molecule has 1 fully saturated rings. The zero-order chi connectivity index (χ0) is 13.3. The fraction of sp³-hybridized carbons (Fsp3) is 0.429. The quantitative estimate of drug-likeness (QED) is 0.803. The fourth-order valence-electron chi connectivity index (χ4n) is 2.30. The Morgan fingerprint density at radius 2 is 2.17 bits per heavy atom. The number of nitrogens with zero attached hydrogens (tertiary/aromatic N) is 1. The number of carbonyl (C=O) groups excluding carboxylic acids is 2. The lowest BCUT2D eigenvalue weighted by molar-refractivity contribution is -0.138. The molecule has 18 heavy (non-hydrogen) atoms. The molecule has 1 aliphatic heterocycles. The van der Waals surface area contributed by atoms with Crippen molar-refractivity contribution < 1.29 is 14.0 Å². The molecule has 1 saturated heterocycles. The number of benzene rings is 1. The molecule has 0 spiro atoms. The molecule has 0 N–H and O–H groups in total. The van der Waals surface area contributed by atoms with E-state index in [4.69, 9.17) is 0 Å². The Hall–Kier alpha value is -1.71. The summed E-state index contributed by atoms with van der Waals surface area (Å²) in [7, 11) is 0. The van der Waals surface area contributed by atoms with Crippen molar-refractivity contribution in [3.8, 4) is 0 Å². The molecule has 0 radical (unpaired) electrons. The monoisotopic (exact) mass is 249 g/mol. The van der Waals surface area contributed by atoms with Crippen LogP contribution < -0.4 is 0 Å². The Labute approximate surface area is 106 Å². The Morgan fingerprint density at radius 3 is 2.72 bits per heavy atom. The van der Waals surface area contributed by atoms with Crippen LogP contribution in [0.4, 0.5) is 4.39 Å². The van der Waals surface area contributed by atoms with E-state index in [0.29, 0.717) is 18.5 Å². The van der Waals surface area contributed by atoms with Crippen LogP contribution >= 0.6 is 0 Å². The molecule has 96 valence electrons. The minimum atomic E-state index is -0.732. The Bertz CT molecular complexity index is 496. The smallest absolute Gasteiger partial charge is 0.227 e. The summed E-state index contributed by atoms with van der Waals surface area (Å²) in [5.74, 6) is -0.399. The highest BCUT2D eigenvalue weighted by atomic mass is 19.1. The number of ketones is 1. The van der Waals surface area contributed by atoms with E-state index in [9.17, 15) is 14.0 Å².